The Bertz CT molecular complexity index is 605. The Morgan fingerprint density at radius 2 is 2.22 bits per heavy atom. The number of hydrogen-bond donors (Lipinski definition) is 0. The van der Waals surface area contributed by atoms with Crippen molar-refractivity contribution in [2.75, 3.05) is 7.11 Å². The van der Waals surface area contributed by atoms with Crippen LogP contribution in [0, 0.1) is 10.1 Å². The molecule has 0 N–H and O–H groups in total. The van der Waals surface area contributed by atoms with Gasteiger partial charge < -0.3 is 9.26 Å². The summed E-state index contributed by atoms with van der Waals surface area (Å²) in [5, 5.41) is 14.1. The Hall–Kier alpha value is -2.70. The molecule has 0 fully saturated rings. The van der Waals surface area contributed by atoms with Gasteiger partial charge in [0.1, 0.15) is 0 Å². The molecule has 0 spiro atoms. The molecule has 7 heteroatoms. The van der Waals surface area contributed by atoms with E-state index < -0.39 is 10.9 Å². The van der Waals surface area contributed by atoms with Crippen LogP contribution in [-0.4, -0.2) is 23.2 Å². The van der Waals surface area contributed by atoms with Crippen molar-refractivity contribution in [3.8, 4) is 11.3 Å². The average molecular weight is 248 g/mol. The lowest BCUT2D eigenvalue weighted by Gasteiger charge is -1.94. The van der Waals surface area contributed by atoms with Gasteiger partial charge in [-0.3, -0.25) is 10.1 Å². The van der Waals surface area contributed by atoms with Gasteiger partial charge in [0.15, 0.2) is 11.5 Å². The van der Waals surface area contributed by atoms with Gasteiger partial charge in [0.05, 0.1) is 12.0 Å². The molecule has 92 valence electrons. The Kier molecular flexibility index (Phi) is 3.05. The zero-order valence-corrected chi connectivity index (χ0v) is 9.32. The summed E-state index contributed by atoms with van der Waals surface area (Å²) < 4.78 is 9.41. The summed E-state index contributed by atoms with van der Waals surface area (Å²) in [5.74, 6) is -0.366. The van der Waals surface area contributed by atoms with Crippen LogP contribution in [0.2, 0.25) is 0 Å². The highest BCUT2D eigenvalue weighted by molar-refractivity contribution is 5.88. The lowest BCUT2D eigenvalue weighted by molar-refractivity contribution is -0.384. The number of hydrogen-bond acceptors (Lipinski definition) is 6. The van der Waals surface area contributed by atoms with Gasteiger partial charge in [-0.05, 0) is 0 Å². The van der Waals surface area contributed by atoms with E-state index in [0.29, 0.717) is 5.56 Å². The molecule has 0 atom stereocenters. The smallest absolute Gasteiger partial charge is 0.360 e. The number of aromatic nitrogens is 1. The number of nitro benzene ring substituents is 1. The number of carbonyl (C=O) groups excluding carboxylic acids is 1. The fourth-order valence-electron chi connectivity index (χ4n) is 1.38. The van der Waals surface area contributed by atoms with Crippen LogP contribution < -0.4 is 0 Å². The van der Waals surface area contributed by atoms with E-state index in [1.165, 1.54) is 31.4 Å². The number of nitrogens with zero attached hydrogens (tertiary/aromatic N) is 2. The number of rotatable bonds is 3. The zero-order chi connectivity index (χ0) is 13.1. The van der Waals surface area contributed by atoms with E-state index in [9.17, 15) is 14.9 Å². The van der Waals surface area contributed by atoms with E-state index in [2.05, 4.69) is 9.89 Å². The van der Waals surface area contributed by atoms with E-state index in [1.807, 2.05) is 0 Å². The van der Waals surface area contributed by atoms with Crippen molar-refractivity contribution in [3.05, 3.63) is 46.1 Å². The first-order valence-electron chi connectivity index (χ1n) is 4.91. The highest BCUT2D eigenvalue weighted by atomic mass is 16.6. The van der Waals surface area contributed by atoms with Crippen molar-refractivity contribution in [2.24, 2.45) is 0 Å². The number of nitro groups is 1. The van der Waals surface area contributed by atoms with Gasteiger partial charge in [0.2, 0.25) is 0 Å². The van der Waals surface area contributed by atoms with Crippen LogP contribution in [0.5, 0.6) is 0 Å². The van der Waals surface area contributed by atoms with Gasteiger partial charge in [-0.25, -0.2) is 4.79 Å². The second kappa shape index (κ2) is 4.66. The molecule has 1 aromatic heterocycles. The van der Waals surface area contributed by atoms with Crippen LogP contribution in [0.1, 0.15) is 10.5 Å². The lowest BCUT2D eigenvalue weighted by Crippen LogP contribution is -2.00. The second-order valence-corrected chi connectivity index (χ2v) is 3.38. The van der Waals surface area contributed by atoms with Crippen LogP contribution in [0.15, 0.2) is 34.9 Å². The Morgan fingerprint density at radius 3 is 2.89 bits per heavy atom. The minimum absolute atomic E-state index is 0.0130. The molecule has 0 saturated heterocycles. The van der Waals surface area contributed by atoms with E-state index in [0.717, 1.165) is 0 Å². The quantitative estimate of drug-likeness (QED) is 0.468. The zero-order valence-electron chi connectivity index (χ0n) is 9.32. The number of ether oxygens (including phenoxy) is 1. The lowest BCUT2D eigenvalue weighted by atomic mass is 10.1. The van der Waals surface area contributed by atoms with Crippen molar-refractivity contribution in [1.29, 1.82) is 0 Å². The standard InChI is InChI=1S/C11H8N2O5/c1-17-11(14)9-6-10(18-12-9)7-3-2-4-8(5-7)13(15)16/h2-6H,1H3. The maximum absolute atomic E-state index is 11.2. The summed E-state index contributed by atoms with van der Waals surface area (Å²) in [6.07, 6.45) is 0. The molecule has 0 saturated carbocycles. The van der Waals surface area contributed by atoms with Crippen molar-refractivity contribution >= 4 is 11.7 Å². The normalized spacial score (nSPS) is 10.1. The SMILES string of the molecule is COC(=O)c1cc(-c2cccc([N+](=O)[O-])c2)on1. The summed E-state index contributed by atoms with van der Waals surface area (Å²) in [6, 6.07) is 7.20. The molecule has 0 amide bonds. The summed E-state index contributed by atoms with van der Waals surface area (Å²) >= 11 is 0. The first-order chi connectivity index (χ1) is 8.61. The maximum Gasteiger partial charge on any atom is 0.360 e. The molecule has 7 nitrogen and oxygen atoms in total. The van der Waals surface area contributed by atoms with Crippen molar-refractivity contribution in [2.45, 2.75) is 0 Å². The summed E-state index contributed by atoms with van der Waals surface area (Å²) in [6.45, 7) is 0. The predicted molar refractivity (Wildman–Crippen MR) is 59.9 cm³/mol. The van der Waals surface area contributed by atoms with Gasteiger partial charge in [0.25, 0.3) is 5.69 Å². The molecule has 0 unspecified atom stereocenters. The molecular weight excluding hydrogens is 240 g/mol. The molecule has 1 aromatic carbocycles. The molecule has 2 aromatic rings. The van der Waals surface area contributed by atoms with Crippen LogP contribution in [0.3, 0.4) is 0 Å². The highest BCUT2D eigenvalue weighted by Crippen LogP contribution is 2.24. The Morgan fingerprint density at radius 1 is 1.44 bits per heavy atom. The molecule has 0 aliphatic rings. The van der Waals surface area contributed by atoms with Gasteiger partial charge in [-0.1, -0.05) is 17.3 Å². The summed E-state index contributed by atoms with van der Waals surface area (Å²) in [5.41, 5.74) is 0.411. The third-order valence-corrected chi connectivity index (χ3v) is 2.25. The van der Waals surface area contributed by atoms with Gasteiger partial charge in [-0.15, -0.1) is 0 Å². The fourth-order valence-corrected chi connectivity index (χ4v) is 1.38. The Labute approximate surface area is 101 Å². The molecule has 2 rings (SSSR count). The molecular formula is C11H8N2O5. The largest absolute Gasteiger partial charge is 0.464 e. The number of esters is 1. The first kappa shape index (κ1) is 11.8. The van der Waals surface area contributed by atoms with Crippen LogP contribution in [0.25, 0.3) is 11.3 Å². The van der Waals surface area contributed by atoms with Gasteiger partial charge in [-0.2, -0.15) is 0 Å². The highest BCUT2D eigenvalue weighted by Gasteiger charge is 2.15. The first-order valence-corrected chi connectivity index (χ1v) is 4.91. The van der Waals surface area contributed by atoms with Crippen LogP contribution >= 0.6 is 0 Å². The fraction of sp³-hybridized carbons (Fsp3) is 0.0909. The molecule has 0 aliphatic carbocycles. The van der Waals surface area contributed by atoms with Crippen LogP contribution in [0.4, 0.5) is 5.69 Å². The van der Waals surface area contributed by atoms with E-state index in [1.54, 1.807) is 6.07 Å². The summed E-state index contributed by atoms with van der Waals surface area (Å²) in [4.78, 5) is 21.3. The predicted octanol–water partition coefficient (Wildman–Crippen LogP) is 2.04. The minimum Gasteiger partial charge on any atom is -0.464 e. The van der Waals surface area contributed by atoms with E-state index >= 15 is 0 Å². The van der Waals surface area contributed by atoms with Crippen LogP contribution in [-0.2, 0) is 4.74 Å². The second-order valence-electron chi connectivity index (χ2n) is 3.38. The molecule has 1 heterocycles. The van der Waals surface area contributed by atoms with E-state index in [4.69, 9.17) is 4.52 Å². The number of methoxy groups -OCH3 is 1. The number of benzene rings is 1. The van der Waals surface area contributed by atoms with Gasteiger partial charge >= 0.3 is 5.97 Å². The third-order valence-electron chi connectivity index (χ3n) is 2.25. The molecule has 0 aliphatic heterocycles. The van der Waals surface area contributed by atoms with Gasteiger partial charge in [0, 0.05) is 23.8 Å². The average Bonchev–Trinajstić information content (AvgIpc) is 2.87. The topological polar surface area (TPSA) is 95.5 Å². The van der Waals surface area contributed by atoms with Crippen molar-refractivity contribution < 1.29 is 19.0 Å². The maximum atomic E-state index is 11.2. The monoisotopic (exact) mass is 248 g/mol. The Balaban J connectivity index is 2.37. The minimum atomic E-state index is -0.629. The molecule has 18 heavy (non-hydrogen) atoms. The molecule has 0 radical (unpaired) electrons. The summed E-state index contributed by atoms with van der Waals surface area (Å²) in [7, 11) is 1.23. The van der Waals surface area contributed by atoms with Crippen molar-refractivity contribution in [1.82, 2.24) is 5.16 Å². The van der Waals surface area contributed by atoms with E-state index in [-0.39, 0.29) is 17.1 Å². The molecule has 0 bridgehead atoms. The number of carbonyl (C=O) groups is 1. The van der Waals surface area contributed by atoms with Crippen molar-refractivity contribution in [3.63, 3.8) is 0 Å². The third kappa shape index (κ3) is 2.19. The number of non-ortho nitro benzene ring substituents is 1.